The van der Waals surface area contributed by atoms with Crippen LogP contribution in [0.4, 0.5) is 0 Å². The lowest BCUT2D eigenvalue weighted by atomic mass is 10.1. The monoisotopic (exact) mass is 382 g/mol. The SMILES string of the molecule is CCN=c1scc(-c2ccc(OC)cc2OC)n1N=C(C)c1ccccn1. The van der Waals surface area contributed by atoms with Crippen molar-refractivity contribution in [2.75, 3.05) is 20.8 Å². The highest BCUT2D eigenvalue weighted by atomic mass is 32.1. The quantitative estimate of drug-likeness (QED) is 0.609. The van der Waals surface area contributed by atoms with Gasteiger partial charge in [-0.3, -0.25) is 9.98 Å². The summed E-state index contributed by atoms with van der Waals surface area (Å²) in [6.45, 7) is 4.63. The second-order valence-electron chi connectivity index (χ2n) is 5.66. The highest BCUT2D eigenvalue weighted by Crippen LogP contribution is 2.33. The number of benzene rings is 1. The van der Waals surface area contributed by atoms with Gasteiger partial charge in [0.2, 0.25) is 4.80 Å². The third-order valence-corrected chi connectivity index (χ3v) is 4.80. The van der Waals surface area contributed by atoms with Crippen LogP contribution in [0.25, 0.3) is 11.3 Å². The fraction of sp³-hybridized carbons (Fsp3) is 0.250. The van der Waals surface area contributed by atoms with Crippen molar-refractivity contribution in [3.8, 4) is 22.8 Å². The molecule has 2 aromatic heterocycles. The second kappa shape index (κ2) is 8.64. The van der Waals surface area contributed by atoms with Crippen LogP contribution in [-0.2, 0) is 0 Å². The molecule has 0 aliphatic heterocycles. The van der Waals surface area contributed by atoms with E-state index in [-0.39, 0.29) is 0 Å². The van der Waals surface area contributed by atoms with Crippen molar-refractivity contribution in [3.05, 3.63) is 58.5 Å². The molecule has 0 saturated carbocycles. The average Bonchev–Trinajstić information content (AvgIpc) is 3.10. The Hall–Kier alpha value is -2.93. The van der Waals surface area contributed by atoms with E-state index >= 15 is 0 Å². The Morgan fingerprint density at radius 2 is 2.04 bits per heavy atom. The molecule has 0 unspecified atom stereocenters. The Kier molecular flexibility index (Phi) is 6.03. The summed E-state index contributed by atoms with van der Waals surface area (Å²) >= 11 is 1.54. The van der Waals surface area contributed by atoms with Crippen molar-refractivity contribution in [2.45, 2.75) is 13.8 Å². The van der Waals surface area contributed by atoms with Crippen molar-refractivity contribution < 1.29 is 9.47 Å². The predicted octanol–water partition coefficient (Wildman–Crippen LogP) is 3.82. The first kappa shape index (κ1) is 18.8. The standard InChI is InChI=1S/C20H22N4O2S/c1-5-21-20-24(23-14(2)17-8-6-7-11-22-17)18(13-27-20)16-10-9-15(25-3)12-19(16)26-4/h6-13H,5H2,1-4H3. The third-order valence-electron chi connectivity index (χ3n) is 3.95. The van der Waals surface area contributed by atoms with E-state index in [2.05, 4.69) is 9.98 Å². The van der Waals surface area contributed by atoms with Gasteiger partial charge in [-0.2, -0.15) is 5.10 Å². The number of hydrogen-bond donors (Lipinski definition) is 0. The summed E-state index contributed by atoms with van der Waals surface area (Å²) in [5.74, 6) is 1.46. The summed E-state index contributed by atoms with van der Waals surface area (Å²) in [6.07, 6.45) is 1.76. The number of nitrogens with zero attached hydrogens (tertiary/aromatic N) is 4. The Bertz CT molecular complexity index is 1010. The molecular formula is C20H22N4O2S. The zero-order chi connectivity index (χ0) is 19.2. The van der Waals surface area contributed by atoms with Crippen LogP contribution in [0.5, 0.6) is 11.5 Å². The summed E-state index contributed by atoms with van der Waals surface area (Å²) in [7, 11) is 3.28. The predicted molar refractivity (Wildman–Crippen MR) is 109 cm³/mol. The van der Waals surface area contributed by atoms with Gasteiger partial charge >= 0.3 is 0 Å². The highest BCUT2D eigenvalue weighted by molar-refractivity contribution is 7.07. The molecule has 0 amide bonds. The molecular weight excluding hydrogens is 360 g/mol. The number of pyridine rings is 1. The molecule has 3 aromatic rings. The number of rotatable bonds is 6. The third kappa shape index (κ3) is 4.09. The Morgan fingerprint density at radius 1 is 1.19 bits per heavy atom. The van der Waals surface area contributed by atoms with Crippen LogP contribution in [0.1, 0.15) is 19.5 Å². The van der Waals surface area contributed by atoms with E-state index in [1.54, 1.807) is 31.8 Å². The lowest BCUT2D eigenvalue weighted by molar-refractivity contribution is 0.395. The van der Waals surface area contributed by atoms with E-state index in [9.17, 15) is 0 Å². The summed E-state index contributed by atoms with van der Waals surface area (Å²) in [5, 5.41) is 6.84. The van der Waals surface area contributed by atoms with Crippen LogP contribution in [0.3, 0.4) is 0 Å². The lowest BCUT2D eigenvalue weighted by Gasteiger charge is -2.11. The minimum Gasteiger partial charge on any atom is -0.497 e. The molecule has 0 saturated heterocycles. The van der Waals surface area contributed by atoms with E-state index in [1.165, 1.54) is 0 Å². The van der Waals surface area contributed by atoms with Gasteiger partial charge in [0.05, 0.1) is 31.3 Å². The lowest BCUT2D eigenvalue weighted by Crippen LogP contribution is -2.15. The van der Waals surface area contributed by atoms with Crippen LogP contribution in [0, 0.1) is 0 Å². The van der Waals surface area contributed by atoms with Gasteiger partial charge in [-0.15, -0.1) is 11.3 Å². The first-order valence-corrected chi connectivity index (χ1v) is 9.46. The Balaban J connectivity index is 2.18. The van der Waals surface area contributed by atoms with Crippen LogP contribution < -0.4 is 14.3 Å². The van der Waals surface area contributed by atoms with Crippen molar-refractivity contribution in [2.24, 2.45) is 10.1 Å². The van der Waals surface area contributed by atoms with Crippen molar-refractivity contribution in [3.63, 3.8) is 0 Å². The highest BCUT2D eigenvalue weighted by Gasteiger charge is 2.14. The number of thiazole rings is 1. The summed E-state index contributed by atoms with van der Waals surface area (Å²) in [4.78, 5) is 9.78. The van der Waals surface area contributed by atoms with E-state index in [1.807, 2.05) is 60.3 Å². The molecule has 1 aromatic carbocycles. The fourth-order valence-corrected chi connectivity index (χ4v) is 3.50. The van der Waals surface area contributed by atoms with Gasteiger partial charge in [0.1, 0.15) is 11.5 Å². The van der Waals surface area contributed by atoms with Crippen LogP contribution in [-0.4, -0.2) is 36.1 Å². The fourth-order valence-electron chi connectivity index (χ4n) is 2.61. The summed E-state index contributed by atoms with van der Waals surface area (Å²) < 4.78 is 12.7. The Labute approximate surface area is 162 Å². The smallest absolute Gasteiger partial charge is 0.206 e. The van der Waals surface area contributed by atoms with E-state index in [0.717, 1.165) is 39.0 Å². The molecule has 3 rings (SSSR count). The van der Waals surface area contributed by atoms with E-state index in [4.69, 9.17) is 14.6 Å². The molecule has 0 aliphatic rings. The number of aromatic nitrogens is 2. The zero-order valence-corrected chi connectivity index (χ0v) is 16.7. The molecule has 6 nitrogen and oxygen atoms in total. The summed E-state index contributed by atoms with van der Waals surface area (Å²) in [6, 6.07) is 11.5. The maximum Gasteiger partial charge on any atom is 0.206 e. The summed E-state index contributed by atoms with van der Waals surface area (Å²) in [5.41, 5.74) is 3.46. The average molecular weight is 382 g/mol. The van der Waals surface area contributed by atoms with Crippen LogP contribution >= 0.6 is 11.3 Å². The molecule has 2 heterocycles. The molecule has 0 radical (unpaired) electrons. The van der Waals surface area contributed by atoms with E-state index in [0.29, 0.717) is 6.54 Å². The van der Waals surface area contributed by atoms with Crippen molar-refractivity contribution in [1.29, 1.82) is 0 Å². The normalized spacial score (nSPS) is 12.3. The van der Waals surface area contributed by atoms with Crippen molar-refractivity contribution in [1.82, 2.24) is 9.66 Å². The molecule has 7 heteroatoms. The first-order chi connectivity index (χ1) is 13.2. The van der Waals surface area contributed by atoms with Gasteiger partial charge in [0.25, 0.3) is 0 Å². The maximum absolute atomic E-state index is 5.58. The first-order valence-electron chi connectivity index (χ1n) is 8.58. The maximum atomic E-state index is 5.58. The molecule has 0 spiro atoms. The van der Waals surface area contributed by atoms with Crippen LogP contribution in [0.15, 0.2) is 58.1 Å². The number of ether oxygens (including phenoxy) is 2. The molecule has 0 aliphatic carbocycles. The Morgan fingerprint density at radius 3 is 2.70 bits per heavy atom. The zero-order valence-electron chi connectivity index (χ0n) is 15.8. The molecule has 140 valence electrons. The molecule has 0 bridgehead atoms. The second-order valence-corrected chi connectivity index (χ2v) is 6.49. The molecule has 0 atom stereocenters. The van der Waals surface area contributed by atoms with E-state index < -0.39 is 0 Å². The van der Waals surface area contributed by atoms with Gasteiger partial charge in [-0.25, -0.2) is 4.68 Å². The van der Waals surface area contributed by atoms with Gasteiger partial charge < -0.3 is 9.47 Å². The molecule has 0 N–H and O–H groups in total. The molecule has 27 heavy (non-hydrogen) atoms. The minimum atomic E-state index is 0.678. The van der Waals surface area contributed by atoms with Gasteiger partial charge in [0, 0.05) is 29.8 Å². The topological polar surface area (TPSA) is 61.0 Å². The largest absolute Gasteiger partial charge is 0.497 e. The molecule has 0 fully saturated rings. The van der Waals surface area contributed by atoms with Crippen LogP contribution in [0.2, 0.25) is 0 Å². The van der Waals surface area contributed by atoms with Gasteiger partial charge in [-0.1, -0.05) is 6.07 Å². The number of hydrogen-bond acceptors (Lipinski definition) is 6. The van der Waals surface area contributed by atoms with Gasteiger partial charge in [0.15, 0.2) is 0 Å². The van der Waals surface area contributed by atoms with Gasteiger partial charge in [-0.05, 0) is 38.1 Å². The number of methoxy groups -OCH3 is 2. The van der Waals surface area contributed by atoms with Crippen molar-refractivity contribution >= 4 is 17.0 Å². The minimum absolute atomic E-state index is 0.678.